The summed E-state index contributed by atoms with van der Waals surface area (Å²) in [6.45, 7) is 1.01. The van der Waals surface area contributed by atoms with Gasteiger partial charge in [-0.3, -0.25) is 0 Å². The third-order valence-electron chi connectivity index (χ3n) is 5.78. The summed E-state index contributed by atoms with van der Waals surface area (Å²) < 4.78 is 34.2. The van der Waals surface area contributed by atoms with Gasteiger partial charge in [0.15, 0.2) is 28.6 Å². The first-order chi connectivity index (χ1) is 13.8. The van der Waals surface area contributed by atoms with Crippen LogP contribution in [-0.4, -0.2) is 37.7 Å². The molecule has 4 aliphatic rings. The molecule has 0 spiro atoms. The fourth-order valence-electron chi connectivity index (χ4n) is 4.39. The van der Waals surface area contributed by atoms with Crippen LogP contribution in [0.25, 0.3) is 0 Å². The van der Waals surface area contributed by atoms with E-state index in [2.05, 4.69) is 5.16 Å². The molecule has 0 saturated carbocycles. The average Bonchev–Trinajstić information content (AvgIpc) is 3.44. The van der Waals surface area contributed by atoms with Crippen molar-refractivity contribution < 1.29 is 33.6 Å². The first-order valence-electron chi connectivity index (χ1n) is 9.06. The van der Waals surface area contributed by atoms with Crippen molar-refractivity contribution in [1.29, 1.82) is 0 Å². The molecule has 0 amide bonds. The Balaban J connectivity index is 1.37. The number of hydrogen-bond acceptors (Lipinski definition) is 8. The number of hydrogen-bond donors (Lipinski definition) is 1. The molecule has 8 nitrogen and oxygen atoms in total. The van der Waals surface area contributed by atoms with E-state index in [9.17, 15) is 5.21 Å². The molecule has 2 bridgehead atoms. The highest BCUT2D eigenvalue weighted by Crippen LogP contribution is 2.50. The van der Waals surface area contributed by atoms with Crippen LogP contribution in [0.1, 0.15) is 17.2 Å². The Morgan fingerprint density at radius 3 is 2.39 bits per heavy atom. The average molecular weight is 383 g/mol. The zero-order valence-corrected chi connectivity index (χ0v) is 14.8. The second kappa shape index (κ2) is 5.76. The van der Waals surface area contributed by atoms with Gasteiger partial charge in [-0.1, -0.05) is 17.3 Å². The second-order valence-corrected chi connectivity index (χ2v) is 7.14. The lowest BCUT2D eigenvalue weighted by atomic mass is 9.79. The van der Waals surface area contributed by atoms with Crippen molar-refractivity contribution in [2.24, 2.45) is 11.1 Å². The number of fused-ring (bicyclic) bond motifs is 4. The zero-order valence-electron chi connectivity index (χ0n) is 14.8. The summed E-state index contributed by atoms with van der Waals surface area (Å²) in [5.74, 6) is 2.52. The largest absolute Gasteiger partial charge is 0.454 e. The topological polar surface area (TPSA) is 88.0 Å². The summed E-state index contributed by atoms with van der Waals surface area (Å²) in [7, 11) is 0. The maximum atomic E-state index is 9.86. The van der Waals surface area contributed by atoms with E-state index in [-0.39, 0.29) is 32.2 Å². The quantitative estimate of drug-likeness (QED) is 0.630. The lowest BCUT2D eigenvalue weighted by Gasteiger charge is -2.36. The Hall–Kier alpha value is -2.97. The molecule has 2 fully saturated rings. The minimum atomic E-state index is -0.937. The minimum absolute atomic E-state index is 0.193. The lowest BCUT2D eigenvalue weighted by Crippen LogP contribution is -2.45. The van der Waals surface area contributed by atoms with Gasteiger partial charge >= 0.3 is 0 Å². The van der Waals surface area contributed by atoms with E-state index < -0.39 is 5.60 Å². The van der Waals surface area contributed by atoms with Crippen molar-refractivity contribution >= 4 is 5.71 Å². The first-order valence-corrected chi connectivity index (χ1v) is 9.06. The van der Waals surface area contributed by atoms with Crippen molar-refractivity contribution in [3.8, 4) is 23.0 Å². The maximum absolute atomic E-state index is 9.86. The Bertz CT molecular complexity index is 991. The minimum Gasteiger partial charge on any atom is -0.454 e. The molecule has 0 unspecified atom stereocenters. The van der Waals surface area contributed by atoms with Crippen LogP contribution < -0.4 is 18.9 Å². The van der Waals surface area contributed by atoms with Crippen molar-refractivity contribution in [3.05, 3.63) is 47.5 Å². The zero-order chi connectivity index (χ0) is 18.7. The van der Waals surface area contributed by atoms with Crippen LogP contribution in [0.5, 0.6) is 23.0 Å². The fraction of sp³-hybridized carbons (Fsp3) is 0.350. The van der Waals surface area contributed by atoms with Crippen LogP contribution in [-0.2, 0) is 15.1 Å². The van der Waals surface area contributed by atoms with Crippen molar-refractivity contribution in [3.63, 3.8) is 0 Å². The molecule has 0 aromatic heterocycles. The van der Waals surface area contributed by atoms with Crippen molar-refractivity contribution in [2.75, 3.05) is 26.8 Å². The molecule has 28 heavy (non-hydrogen) atoms. The molecule has 2 saturated heterocycles. The first kappa shape index (κ1) is 16.0. The molecule has 6 rings (SSSR count). The monoisotopic (exact) mass is 383 g/mol. The van der Waals surface area contributed by atoms with Gasteiger partial charge in [-0.15, -0.1) is 0 Å². The van der Waals surface area contributed by atoms with Crippen LogP contribution >= 0.6 is 0 Å². The van der Waals surface area contributed by atoms with Crippen LogP contribution in [0.2, 0.25) is 0 Å². The summed E-state index contributed by atoms with van der Waals surface area (Å²) >= 11 is 0. The number of rotatable bonds is 2. The molecular formula is C20H17NO7. The number of benzene rings is 2. The summed E-state index contributed by atoms with van der Waals surface area (Å²) in [5.41, 5.74) is 1.37. The molecule has 8 heteroatoms. The van der Waals surface area contributed by atoms with E-state index in [1.54, 1.807) is 0 Å². The molecule has 2 aromatic rings. The standard InChI is InChI=1S/C20H17NO7/c22-21-19-13-7-28-20(19,12-2-4-15-17(6-12)27-10-25-15)8-23-18(13)11-1-3-14-16(5-11)26-9-24-14/h1-6,13,18,22H,7-10H2/b21-19-/t13-,18-,20-/m1/s1. The van der Waals surface area contributed by atoms with Crippen molar-refractivity contribution in [2.45, 2.75) is 11.7 Å². The molecule has 0 aliphatic carbocycles. The Labute approximate surface area is 160 Å². The summed E-state index contributed by atoms with van der Waals surface area (Å²) in [6, 6.07) is 11.3. The van der Waals surface area contributed by atoms with Crippen LogP contribution in [0.15, 0.2) is 41.6 Å². The van der Waals surface area contributed by atoms with Crippen LogP contribution in [0.4, 0.5) is 0 Å². The van der Waals surface area contributed by atoms with E-state index in [0.717, 1.165) is 11.1 Å². The molecule has 2 aromatic carbocycles. The smallest absolute Gasteiger partial charge is 0.231 e. The molecule has 4 aliphatic heterocycles. The molecule has 3 atom stereocenters. The molecular weight excluding hydrogens is 366 g/mol. The van der Waals surface area contributed by atoms with Gasteiger partial charge < -0.3 is 33.6 Å². The highest BCUT2D eigenvalue weighted by Gasteiger charge is 2.56. The van der Waals surface area contributed by atoms with Gasteiger partial charge in [0.05, 0.1) is 25.2 Å². The summed E-state index contributed by atoms with van der Waals surface area (Å²) in [5, 5.41) is 13.5. The Kier molecular flexibility index (Phi) is 3.30. The number of ether oxygens (including phenoxy) is 6. The van der Waals surface area contributed by atoms with Gasteiger partial charge in [0.1, 0.15) is 5.71 Å². The second-order valence-electron chi connectivity index (χ2n) is 7.14. The van der Waals surface area contributed by atoms with Gasteiger partial charge in [0.25, 0.3) is 0 Å². The molecule has 1 N–H and O–H groups in total. The number of nitrogens with zero attached hydrogens (tertiary/aromatic N) is 1. The third-order valence-corrected chi connectivity index (χ3v) is 5.78. The van der Waals surface area contributed by atoms with Crippen molar-refractivity contribution in [1.82, 2.24) is 0 Å². The molecule has 0 radical (unpaired) electrons. The van der Waals surface area contributed by atoms with E-state index >= 15 is 0 Å². The van der Waals surface area contributed by atoms with Gasteiger partial charge in [-0.25, -0.2) is 0 Å². The highest BCUT2D eigenvalue weighted by atomic mass is 16.7. The van der Waals surface area contributed by atoms with Crippen LogP contribution in [0.3, 0.4) is 0 Å². The maximum Gasteiger partial charge on any atom is 0.231 e. The van der Waals surface area contributed by atoms with Gasteiger partial charge in [0.2, 0.25) is 13.6 Å². The predicted octanol–water partition coefficient (Wildman–Crippen LogP) is 2.59. The van der Waals surface area contributed by atoms with Gasteiger partial charge in [-0.05, 0) is 35.4 Å². The van der Waals surface area contributed by atoms with Crippen LogP contribution in [0, 0.1) is 5.92 Å². The Morgan fingerprint density at radius 2 is 1.61 bits per heavy atom. The van der Waals surface area contributed by atoms with E-state index in [1.807, 2.05) is 36.4 Å². The third kappa shape index (κ3) is 2.10. The summed E-state index contributed by atoms with van der Waals surface area (Å²) in [6.07, 6.45) is -0.301. The molecule has 4 heterocycles. The normalized spacial score (nSPS) is 30.8. The number of oxime groups is 1. The van der Waals surface area contributed by atoms with Gasteiger partial charge in [-0.2, -0.15) is 0 Å². The SMILES string of the molecule is O/N=C1/[C@@H]2CO[C@@]1(c1ccc3c(c1)OCO3)CO[C@@H]2c1ccc2c(c1)OCO2. The molecule has 144 valence electrons. The Morgan fingerprint density at radius 1 is 0.893 bits per heavy atom. The van der Waals surface area contributed by atoms with E-state index in [0.29, 0.717) is 35.3 Å². The fourth-order valence-corrected chi connectivity index (χ4v) is 4.39. The highest BCUT2D eigenvalue weighted by molar-refractivity contribution is 5.98. The van der Waals surface area contributed by atoms with E-state index in [4.69, 9.17) is 28.4 Å². The van der Waals surface area contributed by atoms with E-state index in [1.165, 1.54) is 0 Å². The lowest BCUT2D eigenvalue weighted by molar-refractivity contribution is -0.0438. The summed E-state index contributed by atoms with van der Waals surface area (Å²) in [4.78, 5) is 0. The van der Waals surface area contributed by atoms with Gasteiger partial charge in [0, 0.05) is 0 Å². The predicted molar refractivity (Wildman–Crippen MR) is 94.2 cm³/mol.